The topological polar surface area (TPSA) is 92.3 Å². The average Bonchev–Trinajstić information content (AvgIpc) is 3.19. The number of aromatic hydroxyl groups is 1. The highest BCUT2D eigenvalue weighted by Crippen LogP contribution is 2.40. The van der Waals surface area contributed by atoms with Crippen LogP contribution in [0, 0.1) is 13.8 Å². The van der Waals surface area contributed by atoms with Crippen molar-refractivity contribution in [3.05, 3.63) is 83.7 Å². The molecule has 8 heteroatoms. The Bertz CT molecular complexity index is 1430. The van der Waals surface area contributed by atoms with Gasteiger partial charge in [0.15, 0.2) is 12.3 Å². The summed E-state index contributed by atoms with van der Waals surface area (Å²) in [5, 5.41) is 20.0. The number of pyridine rings is 1. The quantitative estimate of drug-likeness (QED) is 0.306. The molecular weight excluding hydrogens is 466 g/mol. The molecule has 1 saturated heterocycles. The molecule has 0 unspecified atom stereocenters. The first-order valence-corrected chi connectivity index (χ1v) is 12.6. The number of aromatic nitrogens is 2. The Kier molecular flexibility index (Phi) is 7.28. The third-order valence-corrected chi connectivity index (χ3v) is 7.09. The number of azo groups is 1. The minimum atomic E-state index is -0.523. The number of aryl methyl sites for hydroxylation is 1. The molecule has 1 amide bonds. The normalized spacial score (nSPS) is 16.4. The van der Waals surface area contributed by atoms with Crippen LogP contribution in [-0.4, -0.2) is 38.6 Å². The number of fused-ring (bicyclic) bond motifs is 1. The summed E-state index contributed by atoms with van der Waals surface area (Å²) in [6.45, 7) is 5.12. The monoisotopic (exact) mass is 497 g/mol. The van der Waals surface area contributed by atoms with Crippen LogP contribution in [0.25, 0.3) is 10.9 Å². The SMILES string of the molecule is Cc1cccc(OCC(=O)N=Nc2c(O)n(CN3CCCC[C@@H]3c3cccnc3)c3ccccc23)c1C. The third-order valence-electron chi connectivity index (χ3n) is 7.09. The molecule has 37 heavy (non-hydrogen) atoms. The van der Waals surface area contributed by atoms with Crippen molar-refractivity contribution in [2.24, 2.45) is 10.2 Å². The molecule has 190 valence electrons. The number of carbonyl (C=O) groups is 1. The van der Waals surface area contributed by atoms with E-state index < -0.39 is 5.91 Å². The van der Waals surface area contributed by atoms with Crippen LogP contribution in [0.4, 0.5) is 5.69 Å². The summed E-state index contributed by atoms with van der Waals surface area (Å²) in [4.78, 5) is 19.1. The molecule has 3 heterocycles. The molecule has 1 atom stereocenters. The second-order valence-electron chi connectivity index (χ2n) is 9.45. The zero-order chi connectivity index (χ0) is 25.8. The fourth-order valence-corrected chi connectivity index (χ4v) is 4.96. The van der Waals surface area contributed by atoms with Gasteiger partial charge in [0.2, 0.25) is 5.88 Å². The summed E-state index contributed by atoms with van der Waals surface area (Å²) >= 11 is 0. The van der Waals surface area contributed by atoms with Gasteiger partial charge in [-0.1, -0.05) is 42.8 Å². The van der Waals surface area contributed by atoms with Crippen molar-refractivity contribution >= 4 is 22.5 Å². The molecule has 1 N–H and O–H groups in total. The molecule has 1 aliphatic heterocycles. The summed E-state index contributed by atoms with van der Waals surface area (Å²) < 4.78 is 7.51. The van der Waals surface area contributed by atoms with Crippen LogP contribution < -0.4 is 4.74 Å². The Labute approximate surface area is 216 Å². The Morgan fingerprint density at radius 3 is 2.81 bits per heavy atom. The maximum Gasteiger partial charge on any atom is 0.302 e. The zero-order valence-corrected chi connectivity index (χ0v) is 21.2. The molecule has 0 aliphatic carbocycles. The van der Waals surface area contributed by atoms with Crippen molar-refractivity contribution in [1.82, 2.24) is 14.5 Å². The van der Waals surface area contributed by atoms with Crippen LogP contribution in [0.3, 0.4) is 0 Å². The van der Waals surface area contributed by atoms with Crippen molar-refractivity contribution in [3.8, 4) is 11.6 Å². The Hall–Kier alpha value is -4.04. The lowest BCUT2D eigenvalue weighted by molar-refractivity contribution is -0.120. The van der Waals surface area contributed by atoms with Crippen molar-refractivity contribution in [2.45, 2.75) is 45.8 Å². The Balaban J connectivity index is 1.37. The fourth-order valence-electron chi connectivity index (χ4n) is 4.96. The number of likely N-dealkylation sites (tertiary alicyclic amines) is 1. The molecule has 8 nitrogen and oxygen atoms in total. The van der Waals surface area contributed by atoms with Crippen molar-refractivity contribution in [1.29, 1.82) is 0 Å². The van der Waals surface area contributed by atoms with E-state index in [1.807, 2.05) is 73.1 Å². The van der Waals surface area contributed by atoms with E-state index in [9.17, 15) is 9.90 Å². The van der Waals surface area contributed by atoms with Gasteiger partial charge in [-0.15, -0.1) is 10.2 Å². The number of benzene rings is 2. The fraction of sp³-hybridized carbons (Fsp3) is 0.310. The minimum absolute atomic E-state index is 0.0105. The molecular formula is C29H31N5O3. The lowest BCUT2D eigenvalue weighted by Gasteiger charge is -2.36. The first-order chi connectivity index (χ1) is 18.0. The van der Waals surface area contributed by atoms with E-state index in [0.717, 1.165) is 47.8 Å². The first-order valence-electron chi connectivity index (χ1n) is 12.6. The number of piperidine rings is 1. The molecule has 1 aliphatic rings. The predicted octanol–water partition coefficient (Wildman–Crippen LogP) is 6.23. The lowest BCUT2D eigenvalue weighted by atomic mass is 9.97. The zero-order valence-electron chi connectivity index (χ0n) is 21.2. The van der Waals surface area contributed by atoms with Gasteiger partial charge in [-0.2, -0.15) is 0 Å². The van der Waals surface area contributed by atoms with Crippen molar-refractivity contribution in [2.75, 3.05) is 13.2 Å². The summed E-state index contributed by atoms with van der Waals surface area (Å²) in [6, 6.07) is 17.6. The number of rotatable bonds is 7. The molecule has 0 spiro atoms. The van der Waals surface area contributed by atoms with E-state index in [1.165, 1.54) is 5.56 Å². The summed E-state index contributed by atoms with van der Waals surface area (Å²) in [7, 11) is 0. The third kappa shape index (κ3) is 5.24. The maximum atomic E-state index is 12.5. The van der Waals surface area contributed by atoms with Gasteiger partial charge in [0.05, 0.1) is 12.2 Å². The van der Waals surface area contributed by atoms with Crippen LogP contribution in [0.2, 0.25) is 0 Å². The summed E-state index contributed by atoms with van der Waals surface area (Å²) in [5.41, 5.74) is 4.36. The first kappa shape index (κ1) is 24.6. The smallest absolute Gasteiger partial charge is 0.302 e. The Morgan fingerprint density at radius 1 is 1.11 bits per heavy atom. The van der Waals surface area contributed by atoms with Gasteiger partial charge in [-0.3, -0.25) is 19.2 Å². The van der Waals surface area contributed by atoms with E-state index in [1.54, 1.807) is 6.20 Å². The van der Waals surface area contributed by atoms with Gasteiger partial charge < -0.3 is 9.84 Å². The maximum absolute atomic E-state index is 12.5. The number of hydrogen-bond donors (Lipinski definition) is 1. The highest BCUT2D eigenvalue weighted by molar-refractivity contribution is 5.95. The van der Waals surface area contributed by atoms with Crippen LogP contribution in [0.5, 0.6) is 11.6 Å². The van der Waals surface area contributed by atoms with E-state index >= 15 is 0 Å². The van der Waals surface area contributed by atoms with Crippen LogP contribution in [0.15, 0.2) is 77.2 Å². The molecule has 5 rings (SSSR count). The molecule has 1 fully saturated rings. The van der Waals surface area contributed by atoms with E-state index in [0.29, 0.717) is 12.4 Å². The van der Waals surface area contributed by atoms with E-state index in [-0.39, 0.29) is 24.2 Å². The number of hydrogen-bond acceptors (Lipinski definition) is 6. The number of para-hydroxylation sites is 1. The molecule has 2 aromatic carbocycles. The highest BCUT2D eigenvalue weighted by Gasteiger charge is 2.26. The second-order valence-corrected chi connectivity index (χ2v) is 9.45. The van der Waals surface area contributed by atoms with Gasteiger partial charge in [-0.05, 0) is 61.6 Å². The molecule has 0 bridgehead atoms. The number of ether oxygens (including phenoxy) is 1. The highest BCUT2D eigenvalue weighted by atomic mass is 16.5. The van der Waals surface area contributed by atoms with E-state index in [2.05, 4.69) is 26.2 Å². The molecule has 2 aromatic heterocycles. The second kappa shape index (κ2) is 10.9. The average molecular weight is 498 g/mol. The number of carbonyl (C=O) groups excluding carboxylic acids is 1. The van der Waals surface area contributed by atoms with Gasteiger partial charge >= 0.3 is 5.91 Å². The van der Waals surface area contributed by atoms with E-state index in [4.69, 9.17) is 4.74 Å². The largest absolute Gasteiger partial charge is 0.493 e. The van der Waals surface area contributed by atoms with Crippen LogP contribution >= 0.6 is 0 Å². The number of amides is 1. The molecule has 4 aromatic rings. The standard InChI is InChI=1S/C29H31N5O3/c1-20-9-7-14-26(21(20)2)37-18-27(35)31-32-28-23-11-3-4-13-25(23)34(29(28)36)19-33-16-6-5-12-24(33)22-10-8-15-30-17-22/h3-4,7-11,13-15,17,24,36H,5-6,12,16,18-19H2,1-2H3/t24-/m1/s1. The molecule has 0 radical (unpaired) electrons. The van der Waals surface area contributed by atoms with Gasteiger partial charge in [0.25, 0.3) is 0 Å². The van der Waals surface area contributed by atoms with Gasteiger partial charge in [-0.25, -0.2) is 0 Å². The summed E-state index contributed by atoms with van der Waals surface area (Å²) in [5.74, 6) is 0.112. The van der Waals surface area contributed by atoms with Gasteiger partial charge in [0, 0.05) is 30.4 Å². The predicted molar refractivity (Wildman–Crippen MR) is 142 cm³/mol. The van der Waals surface area contributed by atoms with Crippen LogP contribution in [-0.2, 0) is 11.5 Å². The minimum Gasteiger partial charge on any atom is -0.493 e. The van der Waals surface area contributed by atoms with Gasteiger partial charge in [0.1, 0.15) is 5.75 Å². The van der Waals surface area contributed by atoms with Crippen molar-refractivity contribution < 1.29 is 14.6 Å². The molecule has 0 saturated carbocycles. The van der Waals surface area contributed by atoms with Crippen molar-refractivity contribution in [3.63, 3.8) is 0 Å². The summed E-state index contributed by atoms with van der Waals surface area (Å²) in [6.07, 6.45) is 6.99. The number of nitrogens with zero attached hydrogens (tertiary/aromatic N) is 5. The lowest BCUT2D eigenvalue weighted by Crippen LogP contribution is -2.34. The van der Waals surface area contributed by atoms with Crippen LogP contribution in [0.1, 0.15) is 42.0 Å². The Morgan fingerprint density at radius 2 is 1.97 bits per heavy atom.